The van der Waals surface area contributed by atoms with Crippen molar-refractivity contribution in [1.82, 2.24) is 10.9 Å². The Bertz CT molecular complexity index is 325. The minimum absolute atomic E-state index is 0.0171. The van der Waals surface area contributed by atoms with Gasteiger partial charge in [0.25, 0.3) is 0 Å². The highest BCUT2D eigenvalue weighted by Crippen LogP contribution is 2.48. The molecule has 16 heavy (non-hydrogen) atoms. The van der Waals surface area contributed by atoms with Gasteiger partial charge in [0, 0.05) is 11.8 Å². The summed E-state index contributed by atoms with van der Waals surface area (Å²) in [6.07, 6.45) is 6.67. The van der Waals surface area contributed by atoms with E-state index in [1.807, 2.05) is 0 Å². The monoisotopic (exact) mass is 222 g/mol. The smallest absolute Gasteiger partial charge is 0.241 e. The minimum atomic E-state index is -0.0171. The molecular weight excluding hydrogens is 204 g/mol. The van der Waals surface area contributed by atoms with Crippen LogP contribution in [0.15, 0.2) is 0 Å². The fourth-order valence-electron chi connectivity index (χ4n) is 3.23. The van der Waals surface area contributed by atoms with Gasteiger partial charge in [-0.1, -0.05) is 6.42 Å². The molecule has 3 unspecified atom stereocenters. The molecule has 0 saturated heterocycles. The number of amides is 2. The summed E-state index contributed by atoms with van der Waals surface area (Å²) in [6.45, 7) is 0. The molecule has 3 atom stereocenters. The van der Waals surface area contributed by atoms with Gasteiger partial charge in [-0.25, -0.2) is 0 Å². The van der Waals surface area contributed by atoms with Crippen LogP contribution < -0.4 is 10.9 Å². The first-order valence-electron chi connectivity index (χ1n) is 6.33. The summed E-state index contributed by atoms with van der Waals surface area (Å²) in [5.41, 5.74) is 5.13. The van der Waals surface area contributed by atoms with Gasteiger partial charge in [-0.2, -0.15) is 0 Å². The third-order valence-electron chi connectivity index (χ3n) is 4.33. The average Bonchev–Trinajstić information content (AvgIpc) is 2.94. The van der Waals surface area contributed by atoms with E-state index in [-0.39, 0.29) is 23.7 Å². The minimum Gasteiger partial charge on any atom is -0.273 e. The van der Waals surface area contributed by atoms with Crippen molar-refractivity contribution in [2.24, 2.45) is 23.7 Å². The standard InChI is InChI=1S/C12H18N2O2/c15-11(8-3-4-8)13-14-12(16)10-6-7-1-2-9(10)5-7/h7-10H,1-6H2,(H,13,15)(H,14,16). The lowest BCUT2D eigenvalue weighted by Gasteiger charge is -2.20. The van der Waals surface area contributed by atoms with E-state index in [1.165, 1.54) is 19.3 Å². The highest BCUT2D eigenvalue weighted by Gasteiger charge is 2.43. The quantitative estimate of drug-likeness (QED) is 0.684. The number of hydrazine groups is 1. The molecule has 0 spiro atoms. The Morgan fingerprint density at radius 3 is 2.19 bits per heavy atom. The van der Waals surface area contributed by atoms with Gasteiger partial charge in [0.1, 0.15) is 0 Å². The molecule has 3 saturated carbocycles. The number of carbonyl (C=O) groups excluding carboxylic acids is 2. The third-order valence-corrected chi connectivity index (χ3v) is 4.33. The summed E-state index contributed by atoms with van der Waals surface area (Å²) >= 11 is 0. The zero-order valence-electron chi connectivity index (χ0n) is 9.37. The third kappa shape index (κ3) is 1.81. The molecule has 2 amide bonds. The average molecular weight is 222 g/mol. The molecule has 3 aliphatic carbocycles. The van der Waals surface area contributed by atoms with Crippen molar-refractivity contribution in [3.63, 3.8) is 0 Å². The first kappa shape index (κ1) is 10.1. The van der Waals surface area contributed by atoms with Crippen LogP contribution in [0.25, 0.3) is 0 Å². The first-order chi connectivity index (χ1) is 7.74. The van der Waals surface area contributed by atoms with Crippen molar-refractivity contribution in [3.05, 3.63) is 0 Å². The fourth-order valence-corrected chi connectivity index (χ4v) is 3.23. The molecule has 88 valence electrons. The molecule has 2 bridgehead atoms. The van der Waals surface area contributed by atoms with Crippen LogP contribution in [-0.2, 0) is 9.59 Å². The summed E-state index contributed by atoms with van der Waals surface area (Å²) < 4.78 is 0. The zero-order valence-corrected chi connectivity index (χ0v) is 9.37. The molecule has 4 nitrogen and oxygen atoms in total. The van der Waals surface area contributed by atoms with Crippen molar-refractivity contribution in [3.8, 4) is 0 Å². The van der Waals surface area contributed by atoms with Crippen molar-refractivity contribution in [2.75, 3.05) is 0 Å². The number of nitrogens with one attached hydrogen (secondary N) is 2. The molecule has 3 rings (SSSR count). The van der Waals surface area contributed by atoms with Gasteiger partial charge < -0.3 is 0 Å². The molecule has 4 heteroatoms. The number of rotatable bonds is 2. The van der Waals surface area contributed by atoms with Gasteiger partial charge in [-0.05, 0) is 43.9 Å². The van der Waals surface area contributed by atoms with Gasteiger partial charge >= 0.3 is 0 Å². The zero-order chi connectivity index (χ0) is 11.1. The molecule has 0 aromatic carbocycles. The Morgan fingerprint density at radius 1 is 0.875 bits per heavy atom. The van der Waals surface area contributed by atoms with Crippen LogP contribution in [0.5, 0.6) is 0 Å². The summed E-state index contributed by atoms with van der Waals surface area (Å²) in [5.74, 6) is 1.65. The lowest BCUT2D eigenvalue weighted by atomic mass is 9.88. The second-order valence-corrected chi connectivity index (χ2v) is 5.53. The Morgan fingerprint density at radius 2 is 1.62 bits per heavy atom. The van der Waals surface area contributed by atoms with E-state index in [4.69, 9.17) is 0 Å². The molecule has 0 aliphatic heterocycles. The molecule has 0 heterocycles. The highest BCUT2D eigenvalue weighted by molar-refractivity contribution is 5.85. The topological polar surface area (TPSA) is 58.2 Å². The Hall–Kier alpha value is -1.06. The van der Waals surface area contributed by atoms with E-state index >= 15 is 0 Å². The molecule has 0 radical (unpaired) electrons. The largest absolute Gasteiger partial charge is 0.273 e. The van der Waals surface area contributed by atoms with E-state index in [1.54, 1.807) is 0 Å². The van der Waals surface area contributed by atoms with Crippen LogP contribution in [0, 0.1) is 23.7 Å². The molecule has 3 aliphatic rings. The number of fused-ring (bicyclic) bond motifs is 2. The second kappa shape index (κ2) is 3.75. The number of hydrogen-bond acceptors (Lipinski definition) is 2. The predicted octanol–water partition coefficient (Wildman–Crippen LogP) is 0.980. The van der Waals surface area contributed by atoms with Crippen LogP contribution in [0.4, 0.5) is 0 Å². The Kier molecular flexibility index (Phi) is 2.37. The SMILES string of the molecule is O=C(NNC(=O)C1CC2CCC1C2)C1CC1. The maximum Gasteiger partial charge on any atom is 0.241 e. The highest BCUT2D eigenvalue weighted by atomic mass is 16.2. The summed E-state index contributed by atoms with van der Waals surface area (Å²) in [4.78, 5) is 23.2. The second-order valence-electron chi connectivity index (χ2n) is 5.53. The first-order valence-corrected chi connectivity index (χ1v) is 6.33. The molecular formula is C12H18N2O2. The van der Waals surface area contributed by atoms with E-state index in [0.29, 0.717) is 5.92 Å². The summed E-state index contributed by atoms with van der Waals surface area (Å²) in [5, 5.41) is 0. The van der Waals surface area contributed by atoms with Gasteiger partial charge in [0.2, 0.25) is 11.8 Å². The summed E-state index contributed by atoms with van der Waals surface area (Å²) in [6, 6.07) is 0. The van der Waals surface area contributed by atoms with E-state index in [2.05, 4.69) is 10.9 Å². The van der Waals surface area contributed by atoms with Crippen molar-refractivity contribution in [1.29, 1.82) is 0 Å². The molecule has 2 N–H and O–H groups in total. The van der Waals surface area contributed by atoms with Gasteiger partial charge in [-0.15, -0.1) is 0 Å². The molecule has 0 aromatic rings. The van der Waals surface area contributed by atoms with Gasteiger partial charge in [0.15, 0.2) is 0 Å². The van der Waals surface area contributed by atoms with Crippen molar-refractivity contribution < 1.29 is 9.59 Å². The summed E-state index contributed by atoms with van der Waals surface area (Å²) in [7, 11) is 0. The van der Waals surface area contributed by atoms with Gasteiger partial charge in [-0.3, -0.25) is 20.4 Å². The fraction of sp³-hybridized carbons (Fsp3) is 0.833. The van der Waals surface area contributed by atoms with E-state index in [9.17, 15) is 9.59 Å². The maximum absolute atomic E-state index is 11.9. The van der Waals surface area contributed by atoms with Crippen LogP contribution in [0.1, 0.15) is 38.5 Å². The van der Waals surface area contributed by atoms with Crippen molar-refractivity contribution in [2.45, 2.75) is 38.5 Å². The van der Waals surface area contributed by atoms with Crippen LogP contribution in [-0.4, -0.2) is 11.8 Å². The van der Waals surface area contributed by atoms with Crippen LogP contribution >= 0.6 is 0 Å². The van der Waals surface area contributed by atoms with Crippen LogP contribution in [0.2, 0.25) is 0 Å². The molecule has 0 aromatic heterocycles. The molecule has 3 fully saturated rings. The number of carbonyl (C=O) groups is 2. The Balaban J connectivity index is 1.48. The lowest BCUT2D eigenvalue weighted by Crippen LogP contribution is -2.46. The van der Waals surface area contributed by atoms with Gasteiger partial charge in [0.05, 0.1) is 0 Å². The normalized spacial score (nSPS) is 36.1. The maximum atomic E-state index is 11.9. The van der Waals surface area contributed by atoms with E-state index in [0.717, 1.165) is 25.2 Å². The van der Waals surface area contributed by atoms with E-state index < -0.39 is 0 Å². The predicted molar refractivity (Wildman–Crippen MR) is 57.9 cm³/mol. The van der Waals surface area contributed by atoms with Crippen LogP contribution in [0.3, 0.4) is 0 Å². The lowest BCUT2D eigenvalue weighted by molar-refractivity contribution is -0.132. The Labute approximate surface area is 95.1 Å². The van der Waals surface area contributed by atoms with Crippen molar-refractivity contribution >= 4 is 11.8 Å². The number of hydrogen-bond donors (Lipinski definition) is 2.